The molecule has 4 nitrogen and oxygen atoms in total. The van der Waals surface area contributed by atoms with E-state index < -0.39 is 6.04 Å². The number of rotatable bonds is 10. The van der Waals surface area contributed by atoms with Gasteiger partial charge in [0.15, 0.2) is 0 Å². The summed E-state index contributed by atoms with van der Waals surface area (Å²) >= 11 is 1.46. The summed E-state index contributed by atoms with van der Waals surface area (Å²) in [5, 5.41) is 2.73. The number of amides is 2. The predicted molar refractivity (Wildman–Crippen MR) is 132 cm³/mol. The van der Waals surface area contributed by atoms with E-state index in [4.69, 9.17) is 0 Å². The van der Waals surface area contributed by atoms with Crippen molar-refractivity contribution >= 4 is 23.6 Å². The van der Waals surface area contributed by atoms with E-state index >= 15 is 0 Å². The van der Waals surface area contributed by atoms with E-state index in [1.165, 1.54) is 23.9 Å². The van der Waals surface area contributed by atoms with Crippen molar-refractivity contribution in [3.63, 3.8) is 0 Å². The van der Waals surface area contributed by atoms with Crippen LogP contribution in [0, 0.1) is 12.7 Å². The first-order chi connectivity index (χ1) is 16.0. The third-order valence-corrected chi connectivity index (χ3v) is 6.35. The molecule has 0 aliphatic heterocycles. The number of benzene rings is 3. The number of nitrogens with zero attached hydrogens (tertiary/aromatic N) is 1. The SMILES string of the molecule is CNC(=O)C(Cc1ccccc1)N(Cc1cccc(C)c1)C(=O)CSCc1ccc(F)cc1. The van der Waals surface area contributed by atoms with Crippen molar-refractivity contribution in [2.75, 3.05) is 12.8 Å². The van der Waals surface area contributed by atoms with Gasteiger partial charge in [-0.3, -0.25) is 9.59 Å². The van der Waals surface area contributed by atoms with Crippen LogP contribution < -0.4 is 5.32 Å². The third kappa shape index (κ3) is 7.46. The molecule has 0 fully saturated rings. The number of halogens is 1. The van der Waals surface area contributed by atoms with Crippen LogP contribution in [0.5, 0.6) is 0 Å². The standard InChI is InChI=1S/C27H29FN2O2S/c1-20-7-6-10-23(15-20)17-30(25(27(32)29-2)16-21-8-4-3-5-9-21)26(31)19-33-18-22-11-13-24(28)14-12-22/h3-15,25H,16-19H2,1-2H3,(H,29,32). The number of hydrogen-bond donors (Lipinski definition) is 1. The van der Waals surface area contributed by atoms with Crippen LogP contribution in [0.25, 0.3) is 0 Å². The molecule has 3 aromatic rings. The van der Waals surface area contributed by atoms with E-state index in [0.29, 0.717) is 18.7 Å². The van der Waals surface area contributed by atoms with Crippen molar-refractivity contribution in [1.29, 1.82) is 0 Å². The Bertz CT molecular complexity index is 1060. The number of carbonyl (C=O) groups excluding carboxylic acids is 2. The molecule has 0 saturated heterocycles. The summed E-state index contributed by atoms with van der Waals surface area (Å²) in [6, 6.07) is 23.4. The van der Waals surface area contributed by atoms with Gasteiger partial charge in [0.2, 0.25) is 11.8 Å². The Kier molecular flexibility index (Phi) is 9.07. The average molecular weight is 465 g/mol. The summed E-state index contributed by atoms with van der Waals surface area (Å²) in [6.07, 6.45) is 0.431. The summed E-state index contributed by atoms with van der Waals surface area (Å²) in [5.74, 6) is 0.245. The van der Waals surface area contributed by atoms with Crippen molar-refractivity contribution in [3.8, 4) is 0 Å². The van der Waals surface area contributed by atoms with Crippen LogP contribution in [0.1, 0.15) is 22.3 Å². The predicted octanol–water partition coefficient (Wildman–Crippen LogP) is 4.75. The highest BCUT2D eigenvalue weighted by Crippen LogP contribution is 2.19. The fourth-order valence-electron chi connectivity index (χ4n) is 3.65. The molecular weight excluding hydrogens is 435 g/mol. The molecule has 1 atom stereocenters. The molecule has 0 aliphatic rings. The van der Waals surface area contributed by atoms with Crippen LogP contribution in [-0.4, -0.2) is 35.6 Å². The molecule has 2 amide bonds. The number of thioether (sulfide) groups is 1. The minimum atomic E-state index is -0.628. The van der Waals surface area contributed by atoms with E-state index in [1.54, 1.807) is 24.1 Å². The Morgan fingerprint density at radius 1 is 0.939 bits per heavy atom. The van der Waals surface area contributed by atoms with E-state index in [9.17, 15) is 14.0 Å². The molecule has 0 aromatic heterocycles. The monoisotopic (exact) mass is 464 g/mol. The summed E-state index contributed by atoms with van der Waals surface area (Å²) < 4.78 is 13.1. The number of carbonyl (C=O) groups is 2. The normalized spacial score (nSPS) is 11.6. The first kappa shape index (κ1) is 24.5. The van der Waals surface area contributed by atoms with E-state index in [2.05, 4.69) is 5.32 Å². The number of nitrogens with one attached hydrogen (secondary N) is 1. The molecule has 3 aromatic carbocycles. The van der Waals surface area contributed by atoms with Gasteiger partial charge in [-0.15, -0.1) is 11.8 Å². The van der Waals surface area contributed by atoms with Gasteiger partial charge in [0.1, 0.15) is 11.9 Å². The van der Waals surface area contributed by atoms with E-state index in [0.717, 1.165) is 22.3 Å². The summed E-state index contributed by atoms with van der Waals surface area (Å²) in [5.41, 5.74) is 4.03. The van der Waals surface area contributed by atoms with Gasteiger partial charge in [-0.2, -0.15) is 0 Å². The number of likely N-dealkylation sites (N-methyl/N-ethyl adjacent to an activating group) is 1. The quantitative estimate of drug-likeness (QED) is 0.471. The molecular formula is C27H29FN2O2S. The van der Waals surface area contributed by atoms with Crippen LogP contribution in [0.2, 0.25) is 0 Å². The minimum Gasteiger partial charge on any atom is -0.357 e. The Balaban J connectivity index is 1.80. The highest BCUT2D eigenvalue weighted by molar-refractivity contribution is 7.99. The van der Waals surface area contributed by atoms with Gasteiger partial charge in [0.25, 0.3) is 0 Å². The molecule has 0 saturated carbocycles. The molecule has 0 heterocycles. The fraction of sp³-hybridized carbons (Fsp3) is 0.259. The molecule has 0 aliphatic carbocycles. The van der Waals surface area contributed by atoms with Crippen LogP contribution in [0.4, 0.5) is 4.39 Å². The van der Waals surface area contributed by atoms with Crippen LogP contribution >= 0.6 is 11.8 Å². The summed E-state index contributed by atoms with van der Waals surface area (Å²) in [4.78, 5) is 28.0. The van der Waals surface area contributed by atoms with Crippen LogP contribution in [-0.2, 0) is 28.3 Å². The van der Waals surface area contributed by atoms with Crippen LogP contribution in [0.15, 0.2) is 78.9 Å². The van der Waals surface area contributed by atoms with E-state index in [-0.39, 0.29) is 23.4 Å². The topological polar surface area (TPSA) is 49.4 Å². The zero-order chi connectivity index (χ0) is 23.6. The largest absolute Gasteiger partial charge is 0.357 e. The smallest absolute Gasteiger partial charge is 0.242 e. The minimum absolute atomic E-state index is 0.104. The van der Waals surface area contributed by atoms with Crippen molar-refractivity contribution in [2.45, 2.75) is 31.7 Å². The maximum absolute atomic E-state index is 13.4. The lowest BCUT2D eigenvalue weighted by Gasteiger charge is -2.31. The van der Waals surface area contributed by atoms with Gasteiger partial charge >= 0.3 is 0 Å². The van der Waals surface area contributed by atoms with Gasteiger partial charge < -0.3 is 10.2 Å². The van der Waals surface area contributed by atoms with Gasteiger partial charge in [-0.1, -0.05) is 72.3 Å². The zero-order valence-corrected chi connectivity index (χ0v) is 19.8. The molecule has 1 N–H and O–H groups in total. The highest BCUT2D eigenvalue weighted by atomic mass is 32.2. The van der Waals surface area contributed by atoms with Crippen molar-refractivity contribution in [3.05, 3.63) is 107 Å². The molecule has 6 heteroatoms. The first-order valence-electron chi connectivity index (χ1n) is 10.9. The molecule has 0 radical (unpaired) electrons. The highest BCUT2D eigenvalue weighted by Gasteiger charge is 2.29. The second kappa shape index (κ2) is 12.2. The lowest BCUT2D eigenvalue weighted by atomic mass is 10.0. The third-order valence-electron chi connectivity index (χ3n) is 5.36. The molecule has 172 valence electrons. The lowest BCUT2D eigenvalue weighted by molar-refractivity contribution is -0.139. The van der Waals surface area contributed by atoms with Crippen molar-refractivity contribution in [2.24, 2.45) is 0 Å². The van der Waals surface area contributed by atoms with Gasteiger partial charge in [-0.25, -0.2) is 4.39 Å². The zero-order valence-electron chi connectivity index (χ0n) is 19.0. The second-order valence-corrected chi connectivity index (χ2v) is 8.94. The van der Waals surface area contributed by atoms with Gasteiger partial charge in [0.05, 0.1) is 5.75 Å². The Morgan fingerprint density at radius 2 is 1.64 bits per heavy atom. The van der Waals surface area contributed by atoms with E-state index in [1.807, 2.05) is 61.5 Å². The lowest BCUT2D eigenvalue weighted by Crippen LogP contribution is -2.50. The Hall–Kier alpha value is -3.12. The van der Waals surface area contributed by atoms with Crippen molar-refractivity contribution < 1.29 is 14.0 Å². The molecule has 1 unspecified atom stereocenters. The molecule has 0 bridgehead atoms. The summed E-state index contributed by atoms with van der Waals surface area (Å²) in [6.45, 7) is 2.36. The second-order valence-electron chi connectivity index (χ2n) is 7.95. The van der Waals surface area contributed by atoms with Gasteiger partial charge in [-0.05, 0) is 35.7 Å². The molecule has 33 heavy (non-hydrogen) atoms. The van der Waals surface area contributed by atoms with Crippen molar-refractivity contribution in [1.82, 2.24) is 10.2 Å². The average Bonchev–Trinajstić information content (AvgIpc) is 2.82. The van der Waals surface area contributed by atoms with Gasteiger partial charge in [0, 0.05) is 25.8 Å². The summed E-state index contributed by atoms with van der Waals surface area (Å²) in [7, 11) is 1.60. The Labute approximate surface area is 199 Å². The first-order valence-corrected chi connectivity index (χ1v) is 12.0. The fourth-order valence-corrected chi connectivity index (χ4v) is 4.52. The molecule has 3 rings (SSSR count). The maximum atomic E-state index is 13.4. The number of hydrogen-bond acceptors (Lipinski definition) is 3. The van der Waals surface area contributed by atoms with Crippen LogP contribution in [0.3, 0.4) is 0 Å². The molecule has 0 spiro atoms. The number of aryl methyl sites for hydroxylation is 1. The Morgan fingerprint density at radius 3 is 2.30 bits per heavy atom. The maximum Gasteiger partial charge on any atom is 0.242 e.